The van der Waals surface area contributed by atoms with Gasteiger partial charge in [0.1, 0.15) is 11.5 Å². The Bertz CT molecular complexity index is 572. The molecule has 0 aromatic heterocycles. The predicted molar refractivity (Wildman–Crippen MR) is 93.0 cm³/mol. The molecule has 1 unspecified atom stereocenters. The van der Waals surface area contributed by atoms with Crippen LogP contribution in [-0.4, -0.2) is 42.7 Å². The lowest BCUT2D eigenvalue weighted by Crippen LogP contribution is -2.42. The van der Waals surface area contributed by atoms with Crippen LogP contribution in [0.2, 0.25) is 0 Å². The number of amides is 1. The third-order valence-corrected chi connectivity index (χ3v) is 5.30. The fourth-order valence-electron chi connectivity index (χ4n) is 3.65. The standard InChI is InChI=1S/C19H28N2O3/c1-24-18-8-7-17(22)10-16(18)13-21-9-3-4-14(12-21)11-20-19(23)15-5-2-6-15/h7-8,10,14-15,22H,2-6,9,11-13H2,1H3,(H,20,23). The molecule has 5 heteroatoms. The average Bonchev–Trinajstić information content (AvgIpc) is 2.52. The normalized spacial score (nSPS) is 22.0. The summed E-state index contributed by atoms with van der Waals surface area (Å²) in [6.45, 7) is 3.57. The number of ether oxygens (including phenoxy) is 1. The minimum Gasteiger partial charge on any atom is -0.508 e. The van der Waals surface area contributed by atoms with E-state index in [2.05, 4.69) is 10.2 Å². The molecule has 1 saturated carbocycles. The first-order valence-corrected chi connectivity index (χ1v) is 9.01. The van der Waals surface area contributed by atoms with E-state index in [1.807, 2.05) is 6.07 Å². The molecule has 1 amide bonds. The second-order valence-electron chi connectivity index (χ2n) is 7.11. The Kier molecular flexibility index (Phi) is 5.61. The molecule has 132 valence electrons. The van der Waals surface area contributed by atoms with Crippen LogP contribution < -0.4 is 10.1 Å². The van der Waals surface area contributed by atoms with Crippen LogP contribution in [0.4, 0.5) is 0 Å². The smallest absolute Gasteiger partial charge is 0.223 e. The molecular formula is C19H28N2O3. The average molecular weight is 332 g/mol. The summed E-state index contributed by atoms with van der Waals surface area (Å²) in [6.07, 6.45) is 5.62. The number of likely N-dealkylation sites (tertiary alicyclic amines) is 1. The molecule has 3 rings (SSSR count). The second-order valence-corrected chi connectivity index (χ2v) is 7.11. The van der Waals surface area contributed by atoms with Crippen molar-refractivity contribution >= 4 is 5.91 Å². The van der Waals surface area contributed by atoms with Crippen LogP contribution in [0.15, 0.2) is 18.2 Å². The maximum atomic E-state index is 12.0. The Balaban J connectivity index is 1.51. The molecule has 2 aliphatic rings. The lowest BCUT2D eigenvalue weighted by Gasteiger charge is -2.33. The van der Waals surface area contributed by atoms with Gasteiger partial charge in [-0.25, -0.2) is 0 Å². The van der Waals surface area contributed by atoms with E-state index in [1.54, 1.807) is 19.2 Å². The number of nitrogens with one attached hydrogen (secondary N) is 1. The number of methoxy groups -OCH3 is 1. The van der Waals surface area contributed by atoms with Gasteiger partial charge in [-0.1, -0.05) is 6.42 Å². The second kappa shape index (κ2) is 7.88. The van der Waals surface area contributed by atoms with Gasteiger partial charge in [0.2, 0.25) is 5.91 Å². The highest BCUT2D eigenvalue weighted by atomic mass is 16.5. The van der Waals surface area contributed by atoms with Crippen molar-refractivity contribution in [1.29, 1.82) is 0 Å². The number of rotatable bonds is 6. The summed E-state index contributed by atoms with van der Waals surface area (Å²) in [5.41, 5.74) is 1.01. The molecule has 5 nitrogen and oxygen atoms in total. The van der Waals surface area contributed by atoms with E-state index in [9.17, 15) is 9.90 Å². The van der Waals surface area contributed by atoms with Gasteiger partial charge in [0, 0.05) is 31.1 Å². The summed E-state index contributed by atoms with van der Waals surface area (Å²) >= 11 is 0. The van der Waals surface area contributed by atoms with Gasteiger partial charge in [-0.2, -0.15) is 0 Å². The fourth-order valence-corrected chi connectivity index (χ4v) is 3.65. The SMILES string of the molecule is COc1ccc(O)cc1CN1CCCC(CNC(=O)C2CCC2)C1. The van der Waals surface area contributed by atoms with Crippen LogP contribution >= 0.6 is 0 Å². The van der Waals surface area contributed by atoms with Crippen LogP contribution in [0.25, 0.3) is 0 Å². The van der Waals surface area contributed by atoms with Crippen molar-refractivity contribution in [1.82, 2.24) is 10.2 Å². The monoisotopic (exact) mass is 332 g/mol. The lowest BCUT2D eigenvalue weighted by atomic mass is 9.84. The van der Waals surface area contributed by atoms with E-state index in [1.165, 1.54) is 12.8 Å². The van der Waals surface area contributed by atoms with E-state index < -0.39 is 0 Å². The fraction of sp³-hybridized carbons (Fsp3) is 0.632. The largest absolute Gasteiger partial charge is 0.508 e. The number of hydrogen-bond donors (Lipinski definition) is 2. The van der Waals surface area contributed by atoms with Gasteiger partial charge in [-0.05, 0) is 56.3 Å². The van der Waals surface area contributed by atoms with E-state index in [-0.39, 0.29) is 17.6 Å². The maximum Gasteiger partial charge on any atom is 0.223 e. The zero-order chi connectivity index (χ0) is 16.9. The maximum absolute atomic E-state index is 12.0. The molecule has 0 radical (unpaired) electrons. The third kappa shape index (κ3) is 4.20. The number of piperidine rings is 1. The van der Waals surface area contributed by atoms with Gasteiger partial charge in [0.25, 0.3) is 0 Å². The van der Waals surface area contributed by atoms with E-state index >= 15 is 0 Å². The van der Waals surface area contributed by atoms with E-state index in [0.29, 0.717) is 5.92 Å². The Morgan fingerprint density at radius 3 is 2.88 bits per heavy atom. The van der Waals surface area contributed by atoms with E-state index in [0.717, 1.165) is 56.8 Å². The molecule has 1 aliphatic heterocycles. The molecule has 1 aromatic rings. The molecule has 0 bridgehead atoms. The number of nitrogens with zero attached hydrogens (tertiary/aromatic N) is 1. The Morgan fingerprint density at radius 1 is 1.33 bits per heavy atom. The molecule has 1 saturated heterocycles. The summed E-state index contributed by atoms with van der Waals surface area (Å²) in [5.74, 6) is 2.10. The molecular weight excluding hydrogens is 304 g/mol. The highest BCUT2D eigenvalue weighted by Crippen LogP contribution is 2.28. The number of carbonyl (C=O) groups is 1. The molecule has 24 heavy (non-hydrogen) atoms. The minimum absolute atomic E-state index is 0.244. The van der Waals surface area contributed by atoms with Crippen molar-refractivity contribution in [2.75, 3.05) is 26.7 Å². The first kappa shape index (κ1) is 17.1. The predicted octanol–water partition coefficient (Wildman–Crippen LogP) is 2.53. The highest BCUT2D eigenvalue weighted by molar-refractivity contribution is 5.79. The molecule has 1 aliphatic carbocycles. The van der Waals surface area contributed by atoms with E-state index in [4.69, 9.17) is 4.74 Å². The number of phenolic OH excluding ortho intramolecular Hbond substituents is 1. The third-order valence-electron chi connectivity index (χ3n) is 5.30. The topological polar surface area (TPSA) is 61.8 Å². The lowest BCUT2D eigenvalue weighted by molar-refractivity contribution is -0.127. The van der Waals surface area contributed by atoms with Gasteiger partial charge in [-0.15, -0.1) is 0 Å². The van der Waals surface area contributed by atoms with Crippen LogP contribution in [0, 0.1) is 11.8 Å². The molecule has 1 aromatic carbocycles. The zero-order valence-electron chi connectivity index (χ0n) is 14.5. The molecule has 1 heterocycles. The van der Waals surface area contributed by atoms with Gasteiger partial charge in [0.15, 0.2) is 0 Å². The van der Waals surface area contributed by atoms with Gasteiger partial charge in [-0.3, -0.25) is 9.69 Å². The van der Waals surface area contributed by atoms with Crippen molar-refractivity contribution in [3.63, 3.8) is 0 Å². The van der Waals surface area contributed by atoms with Gasteiger partial charge in [0.05, 0.1) is 7.11 Å². The number of aromatic hydroxyl groups is 1. The van der Waals surface area contributed by atoms with Crippen LogP contribution in [-0.2, 0) is 11.3 Å². The Morgan fingerprint density at radius 2 is 2.17 bits per heavy atom. The number of carbonyl (C=O) groups excluding carboxylic acids is 1. The van der Waals surface area contributed by atoms with Crippen molar-refractivity contribution in [2.24, 2.45) is 11.8 Å². The zero-order valence-corrected chi connectivity index (χ0v) is 14.5. The number of phenols is 1. The number of hydrogen-bond acceptors (Lipinski definition) is 4. The van der Waals surface area contributed by atoms with Crippen molar-refractivity contribution in [3.8, 4) is 11.5 Å². The number of benzene rings is 1. The first-order valence-electron chi connectivity index (χ1n) is 9.01. The molecule has 1 atom stereocenters. The first-order chi connectivity index (χ1) is 11.7. The summed E-state index contributed by atoms with van der Waals surface area (Å²) < 4.78 is 5.40. The van der Waals surface area contributed by atoms with Crippen LogP contribution in [0.3, 0.4) is 0 Å². The molecule has 2 N–H and O–H groups in total. The van der Waals surface area contributed by atoms with Gasteiger partial charge >= 0.3 is 0 Å². The Labute approximate surface area is 144 Å². The van der Waals surface area contributed by atoms with Crippen LogP contribution in [0.5, 0.6) is 11.5 Å². The minimum atomic E-state index is 0.244. The van der Waals surface area contributed by atoms with Crippen molar-refractivity contribution < 1.29 is 14.6 Å². The molecule has 2 fully saturated rings. The summed E-state index contributed by atoms with van der Waals surface area (Å²) in [4.78, 5) is 14.4. The summed E-state index contributed by atoms with van der Waals surface area (Å²) in [7, 11) is 1.66. The molecule has 0 spiro atoms. The summed E-state index contributed by atoms with van der Waals surface area (Å²) in [5, 5.41) is 12.9. The summed E-state index contributed by atoms with van der Waals surface area (Å²) in [6, 6.07) is 5.24. The highest BCUT2D eigenvalue weighted by Gasteiger charge is 2.26. The van der Waals surface area contributed by atoms with Crippen molar-refractivity contribution in [2.45, 2.75) is 38.6 Å². The van der Waals surface area contributed by atoms with Crippen molar-refractivity contribution in [3.05, 3.63) is 23.8 Å². The van der Waals surface area contributed by atoms with Crippen LogP contribution in [0.1, 0.15) is 37.7 Å². The quantitative estimate of drug-likeness (QED) is 0.840. The van der Waals surface area contributed by atoms with Gasteiger partial charge < -0.3 is 15.2 Å². The Hall–Kier alpha value is -1.75.